The molecule has 1 aliphatic rings. The maximum atomic E-state index is 11.8. The molecule has 4 heteroatoms. The summed E-state index contributed by atoms with van der Waals surface area (Å²) in [4.78, 5) is 19.2. The van der Waals surface area contributed by atoms with Crippen molar-refractivity contribution in [2.24, 2.45) is 11.7 Å². The summed E-state index contributed by atoms with van der Waals surface area (Å²) >= 11 is 0. The van der Waals surface area contributed by atoms with Crippen molar-refractivity contribution in [1.29, 1.82) is 0 Å². The van der Waals surface area contributed by atoms with E-state index in [0.29, 0.717) is 17.4 Å². The molecule has 88 valence electrons. The van der Waals surface area contributed by atoms with Gasteiger partial charge < -0.3 is 10.7 Å². The van der Waals surface area contributed by atoms with Crippen LogP contribution in [0.5, 0.6) is 0 Å². The zero-order valence-electron chi connectivity index (χ0n) is 10.1. The minimum atomic E-state index is -0.153. The Kier molecular flexibility index (Phi) is 2.84. The van der Waals surface area contributed by atoms with Gasteiger partial charge in [-0.15, -0.1) is 0 Å². The first-order valence-corrected chi connectivity index (χ1v) is 5.87. The summed E-state index contributed by atoms with van der Waals surface area (Å²) in [5.41, 5.74) is 7.47. The normalized spacial score (nSPS) is 17.8. The number of hydrogen-bond acceptors (Lipinski definition) is 3. The van der Waals surface area contributed by atoms with Crippen LogP contribution in [0.3, 0.4) is 0 Å². The second-order valence-corrected chi connectivity index (χ2v) is 5.01. The Morgan fingerprint density at radius 2 is 2.06 bits per heavy atom. The highest BCUT2D eigenvalue weighted by molar-refractivity contribution is 5.22. The van der Waals surface area contributed by atoms with Crippen LogP contribution in [-0.4, -0.2) is 9.97 Å². The maximum Gasteiger partial charge on any atom is 0.254 e. The van der Waals surface area contributed by atoms with Crippen molar-refractivity contribution < 1.29 is 0 Å². The second-order valence-electron chi connectivity index (χ2n) is 5.01. The topological polar surface area (TPSA) is 71.8 Å². The van der Waals surface area contributed by atoms with E-state index in [0.717, 1.165) is 24.4 Å². The summed E-state index contributed by atoms with van der Waals surface area (Å²) in [6, 6.07) is -0.153. The number of rotatable bonds is 3. The monoisotopic (exact) mass is 221 g/mol. The number of aromatic amines is 1. The molecule has 0 bridgehead atoms. The van der Waals surface area contributed by atoms with Crippen LogP contribution in [0.4, 0.5) is 0 Å². The van der Waals surface area contributed by atoms with Crippen molar-refractivity contribution in [1.82, 2.24) is 9.97 Å². The molecule has 0 saturated heterocycles. The third-order valence-electron chi connectivity index (χ3n) is 3.21. The lowest BCUT2D eigenvalue weighted by molar-refractivity contribution is 0.496. The molecule has 1 fully saturated rings. The summed E-state index contributed by atoms with van der Waals surface area (Å²) in [5, 5.41) is 0. The standard InChI is InChI=1S/C12H19N3O/c1-6(2)9(13)10-7(3)12(16)15-11(14-10)8-4-5-8/h6,8-9H,4-5,13H2,1-3H3,(H,14,15,16)/t9-/m0/s1. The Bertz CT molecular complexity index is 446. The molecule has 0 aromatic carbocycles. The van der Waals surface area contributed by atoms with Gasteiger partial charge in [-0.1, -0.05) is 13.8 Å². The number of H-pyrrole nitrogens is 1. The minimum absolute atomic E-state index is 0.0389. The lowest BCUT2D eigenvalue weighted by atomic mass is 9.99. The molecule has 0 radical (unpaired) electrons. The third kappa shape index (κ3) is 2.02. The number of aromatic nitrogens is 2. The lowest BCUT2D eigenvalue weighted by Crippen LogP contribution is -2.25. The summed E-state index contributed by atoms with van der Waals surface area (Å²) in [5.74, 6) is 1.56. The van der Waals surface area contributed by atoms with Crippen LogP contribution >= 0.6 is 0 Å². The molecule has 1 aliphatic carbocycles. The van der Waals surface area contributed by atoms with Gasteiger partial charge in [-0.2, -0.15) is 0 Å². The van der Waals surface area contributed by atoms with Gasteiger partial charge in [-0.25, -0.2) is 4.98 Å². The molecule has 0 amide bonds. The molecular weight excluding hydrogens is 202 g/mol. The van der Waals surface area contributed by atoms with E-state index in [1.165, 1.54) is 0 Å². The lowest BCUT2D eigenvalue weighted by Gasteiger charge is -2.17. The predicted molar refractivity (Wildman–Crippen MR) is 63.3 cm³/mol. The fourth-order valence-electron chi connectivity index (χ4n) is 1.76. The first-order chi connectivity index (χ1) is 7.50. The smallest absolute Gasteiger partial charge is 0.254 e. The van der Waals surface area contributed by atoms with Gasteiger partial charge in [-0.3, -0.25) is 4.79 Å². The average Bonchev–Trinajstić information content (AvgIpc) is 3.04. The molecule has 0 unspecified atom stereocenters. The number of nitrogens with one attached hydrogen (secondary N) is 1. The van der Waals surface area contributed by atoms with Crippen LogP contribution < -0.4 is 11.3 Å². The van der Waals surface area contributed by atoms with Gasteiger partial charge in [0, 0.05) is 17.5 Å². The van der Waals surface area contributed by atoms with E-state index in [-0.39, 0.29) is 11.6 Å². The highest BCUT2D eigenvalue weighted by Gasteiger charge is 2.28. The Balaban J connectivity index is 2.46. The summed E-state index contributed by atoms with van der Waals surface area (Å²) in [7, 11) is 0. The predicted octanol–water partition coefficient (Wildman–Crippen LogP) is 1.61. The van der Waals surface area contributed by atoms with Gasteiger partial charge in [0.05, 0.1) is 5.69 Å². The first kappa shape index (κ1) is 11.3. The summed E-state index contributed by atoms with van der Waals surface area (Å²) in [6.45, 7) is 5.88. The number of nitrogens with zero attached hydrogens (tertiary/aromatic N) is 1. The molecule has 16 heavy (non-hydrogen) atoms. The second kappa shape index (κ2) is 4.01. The fourth-order valence-corrected chi connectivity index (χ4v) is 1.76. The molecule has 1 aromatic heterocycles. The van der Waals surface area contributed by atoms with E-state index in [9.17, 15) is 4.79 Å². The zero-order chi connectivity index (χ0) is 11.9. The molecule has 1 aromatic rings. The van der Waals surface area contributed by atoms with E-state index >= 15 is 0 Å². The van der Waals surface area contributed by atoms with Gasteiger partial charge in [-0.05, 0) is 25.7 Å². The molecular formula is C12H19N3O. The molecule has 0 spiro atoms. The first-order valence-electron chi connectivity index (χ1n) is 5.87. The number of nitrogens with two attached hydrogens (primary N) is 1. The van der Waals surface area contributed by atoms with E-state index in [1.807, 2.05) is 13.8 Å². The van der Waals surface area contributed by atoms with E-state index < -0.39 is 0 Å². The van der Waals surface area contributed by atoms with Gasteiger partial charge in [0.15, 0.2) is 0 Å². The van der Waals surface area contributed by atoms with Crippen molar-refractivity contribution in [3.05, 3.63) is 27.4 Å². The van der Waals surface area contributed by atoms with Crippen molar-refractivity contribution >= 4 is 0 Å². The highest BCUT2D eigenvalue weighted by Crippen LogP contribution is 2.38. The summed E-state index contributed by atoms with van der Waals surface area (Å²) in [6.07, 6.45) is 2.25. The van der Waals surface area contributed by atoms with Gasteiger partial charge in [0.25, 0.3) is 5.56 Å². The summed E-state index contributed by atoms with van der Waals surface area (Å²) < 4.78 is 0. The van der Waals surface area contributed by atoms with Crippen LogP contribution in [0.15, 0.2) is 4.79 Å². The van der Waals surface area contributed by atoms with Crippen molar-refractivity contribution in [3.63, 3.8) is 0 Å². The molecule has 2 rings (SSSR count). The fraction of sp³-hybridized carbons (Fsp3) is 0.667. The maximum absolute atomic E-state index is 11.8. The third-order valence-corrected chi connectivity index (χ3v) is 3.21. The van der Waals surface area contributed by atoms with Crippen LogP contribution in [-0.2, 0) is 0 Å². The SMILES string of the molecule is Cc1c([C@@H](N)C(C)C)nc(C2CC2)[nH]c1=O. The minimum Gasteiger partial charge on any atom is -0.322 e. The van der Waals surface area contributed by atoms with Gasteiger partial charge >= 0.3 is 0 Å². The average molecular weight is 221 g/mol. The Hall–Kier alpha value is -1.16. The Morgan fingerprint density at radius 1 is 1.44 bits per heavy atom. The van der Waals surface area contributed by atoms with E-state index in [1.54, 1.807) is 6.92 Å². The zero-order valence-corrected chi connectivity index (χ0v) is 10.1. The van der Waals surface area contributed by atoms with Crippen molar-refractivity contribution in [3.8, 4) is 0 Å². The molecule has 4 nitrogen and oxygen atoms in total. The quantitative estimate of drug-likeness (QED) is 0.814. The van der Waals surface area contributed by atoms with Crippen LogP contribution in [0, 0.1) is 12.8 Å². The van der Waals surface area contributed by atoms with Gasteiger partial charge in [0.1, 0.15) is 5.82 Å². The van der Waals surface area contributed by atoms with E-state index in [4.69, 9.17) is 5.73 Å². The van der Waals surface area contributed by atoms with Crippen LogP contribution in [0.25, 0.3) is 0 Å². The molecule has 0 aliphatic heterocycles. The number of hydrogen-bond donors (Lipinski definition) is 2. The Labute approximate surface area is 95.3 Å². The molecule has 1 atom stereocenters. The Morgan fingerprint density at radius 3 is 2.56 bits per heavy atom. The molecule has 1 saturated carbocycles. The van der Waals surface area contributed by atoms with E-state index in [2.05, 4.69) is 9.97 Å². The van der Waals surface area contributed by atoms with Crippen molar-refractivity contribution in [2.45, 2.75) is 45.6 Å². The largest absolute Gasteiger partial charge is 0.322 e. The van der Waals surface area contributed by atoms with Crippen LogP contribution in [0.1, 0.15) is 55.7 Å². The van der Waals surface area contributed by atoms with Crippen LogP contribution in [0.2, 0.25) is 0 Å². The van der Waals surface area contributed by atoms with Gasteiger partial charge in [0.2, 0.25) is 0 Å². The molecule has 1 heterocycles. The molecule has 3 N–H and O–H groups in total. The highest BCUT2D eigenvalue weighted by atomic mass is 16.1. The van der Waals surface area contributed by atoms with Crippen molar-refractivity contribution in [2.75, 3.05) is 0 Å².